The molecular formula is C17H20Cl2O. The molecular weight excluding hydrogens is 291 g/mol. The topological polar surface area (TPSA) is 13.1 Å². The lowest BCUT2D eigenvalue weighted by atomic mass is 9.91. The Bertz CT molecular complexity index is 561. The number of hydrogen-bond donors (Lipinski definition) is 0. The Balaban J connectivity index is 2.53. The van der Waals surface area contributed by atoms with Crippen LogP contribution in [0.1, 0.15) is 54.2 Å². The standard InChI is InChI=1S/C17H20Cl2O/c1-4-11-9-12(5-2)16(13(6-3)10-11)17(19)14-7-8-15(18)20-14/h7-10,17H,4-6H2,1-3H3. The summed E-state index contributed by atoms with van der Waals surface area (Å²) in [6.45, 7) is 6.51. The van der Waals surface area contributed by atoms with E-state index in [1.807, 2.05) is 6.07 Å². The maximum atomic E-state index is 6.66. The van der Waals surface area contributed by atoms with E-state index >= 15 is 0 Å². The summed E-state index contributed by atoms with van der Waals surface area (Å²) in [7, 11) is 0. The summed E-state index contributed by atoms with van der Waals surface area (Å²) in [4.78, 5) is 0. The molecule has 3 heteroatoms. The molecule has 1 aromatic carbocycles. The van der Waals surface area contributed by atoms with Crippen molar-refractivity contribution in [3.8, 4) is 0 Å². The van der Waals surface area contributed by atoms with Crippen LogP contribution >= 0.6 is 23.2 Å². The molecule has 1 nitrogen and oxygen atoms in total. The van der Waals surface area contributed by atoms with Gasteiger partial charge < -0.3 is 4.42 Å². The molecule has 1 aromatic heterocycles. The van der Waals surface area contributed by atoms with E-state index < -0.39 is 0 Å². The number of benzene rings is 1. The first-order valence-corrected chi connectivity index (χ1v) is 7.95. The van der Waals surface area contributed by atoms with Gasteiger partial charge in [-0.3, -0.25) is 0 Å². The minimum atomic E-state index is -0.279. The van der Waals surface area contributed by atoms with E-state index in [0.29, 0.717) is 11.0 Å². The van der Waals surface area contributed by atoms with Crippen LogP contribution in [0.3, 0.4) is 0 Å². The second-order valence-corrected chi connectivity index (χ2v) is 5.70. The molecule has 0 saturated heterocycles. The van der Waals surface area contributed by atoms with Crippen molar-refractivity contribution < 1.29 is 4.42 Å². The van der Waals surface area contributed by atoms with Crippen molar-refractivity contribution in [3.63, 3.8) is 0 Å². The molecule has 20 heavy (non-hydrogen) atoms. The number of aryl methyl sites for hydroxylation is 3. The van der Waals surface area contributed by atoms with Gasteiger partial charge in [-0.05, 0) is 65.2 Å². The van der Waals surface area contributed by atoms with Gasteiger partial charge in [0.25, 0.3) is 0 Å². The van der Waals surface area contributed by atoms with E-state index in [-0.39, 0.29) is 5.38 Å². The fourth-order valence-electron chi connectivity index (χ4n) is 2.57. The molecule has 2 rings (SSSR count). The van der Waals surface area contributed by atoms with Gasteiger partial charge in [0.1, 0.15) is 11.1 Å². The van der Waals surface area contributed by atoms with Gasteiger partial charge in [0.15, 0.2) is 5.22 Å². The third-order valence-electron chi connectivity index (χ3n) is 3.68. The molecule has 0 bridgehead atoms. The third kappa shape index (κ3) is 3.05. The molecule has 0 aliphatic heterocycles. The van der Waals surface area contributed by atoms with Crippen LogP contribution in [0.5, 0.6) is 0 Å². The summed E-state index contributed by atoms with van der Waals surface area (Å²) in [5.41, 5.74) is 5.14. The molecule has 0 radical (unpaired) electrons. The Morgan fingerprint density at radius 1 is 1.00 bits per heavy atom. The largest absolute Gasteiger partial charge is 0.448 e. The zero-order chi connectivity index (χ0) is 14.7. The monoisotopic (exact) mass is 310 g/mol. The Kier molecular flexibility index (Phi) is 5.17. The number of furan rings is 1. The molecule has 0 aliphatic carbocycles. The maximum Gasteiger partial charge on any atom is 0.193 e. The van der Waals surface area contributed by atoms with E-state index in [0.717, 1.165) is 19.3 Å². The van der Waals surface area contributed by atoms with Crippen LogP contribution in [0.15, 0.2) is 28.7 Å². The Morgan fingerprint density at radius 2 is 1.60 bits per heavy atom. The molecule has 1 heterocycles. The SMILES string of the molecule is CCc1cc(CC)c(C(Cl)c2ccc(Cl)o2)c(CC)c1. The highest BCUT2D eigenvalue weighted by Crippen LogP contribution is 2.36. The average molecular weight is 311 g/mol. The lowest BCUT2D eigenvalue weighted by Gasteiger charge is -2.18. The summed E-state index contributed by atoms with van der Waals surface area (Å²) in [5, 5.41) is 0.102. The summed E-state index contributed by atoms with van der Waals surface area (Å²) in [6.07, 6.45) is 2.97. The Morgan fingerprint density at radius 3 is 2.00 bits per heavy atom. The summed E-state index contributed by atoms with van der Waals surface area (Å²) >= 11 is 12.5. The van der Waals surface area contributed by atoms with Crippen molar-refractivity contribution in [1.82, 2.24) is 0 Å². The van der Waals surface area contributed by atoms with Gasteiger partial charge in [-0.2, -0.15) is 0 Å². The summed E-state index contributed by atoms with van der Waals surface area (Å²) in [5.74, 6) is 0.713. The highest BCUT2D eigenvalue weighted by atomic mass is 35.5. The fourth-order valence-corrected chi connectivity index (χ4v) is 3.12. The van der Waals surface area contributed by atoms with Crippen LogP contribution in [0, 0.1) is 0 Å². The minimum Gasteiger partial charge on any atom is -0.448 e. The van der Waals surface area contributed by atoms with Crippen LogP contribution in [-0.2, 0) is 19.3 Å². The first kappa shape index (κ1) is 15.5. The molecule has 0 saturated carbocycles. The summed E-state index contributed by atoms with van der Waals surface area (Å²) in [6, 6.07) is 8.11. The predicted molar refractivity (Wildman–Crippen MR) is 86.0 cm³/mol. The number of rotatable bonds is 5. The van der Waals surface area contributed by atoms with E-state index in [9.17, 15) is 0 Å². The number of alkyl halides is 1. The first-order valence-electron chi connectivity index (χ1n) is 7.14. The highest BCUT2D eigenvalue weighted by molar-refractivity contribution is 6.29. The second kappa shape index (κ2) is 6.69. The molecule has 108 valence electrons. The van der Waals surface area contributed by atoms with Crippen LogP contribution in [-0.4, -0.2) is 0 Å². The van der Waals surface area contributed by atoms with Gasteiger partial charge in [-0.1, -0.05) is 32.9 Å². The molecule has 0 fully saturated rings. The quantitative estimate of drug-likeness (QED) is 0.622. The highest BCUT2D eigenvalue weighted by Gasteiger charge is 2.21. The van der Waals surface area contributed by atoms with Gasteiger partial charge >= 0.3 is 0 Å². The molecule has 0 amide bonds. The first-order chi connectivity index (χ1) is 9.60. The van der Waals surface area contributed by atoms with Crippen LogP contribution in [0.4, 0.5) is 0 Å². The van der Waals surface area contributed by atoms with Crippen molar-refractivity contribution in [3.05, 3.63) is 57.5 Å². The second-order valence-electron chi connectivity index (χ2n) is 4.89. The lowest BCUT2D eigenvalue weighted by Crippen LogP contribution is -2.04. The molecule has 1 unspecified atom stereocenters. The van der Waals surface area contributed by atoms with Gasteiger partial charge in [0, 0.05) is 0 Å². The van der Waals surface area contributed by atoms with Gasteiger partial charge in [0.2, 0.25) is 0 Å². The third-order valence-corrected chi connectivity index (χ3v) is 4.31. The lowest BCUT2D eigenvalue weighted by molar-refractivity contribution is 0.517. The van der Waals surface area contributed by atoms with E-state index in [1.165, 1.54) is 22.3 Å². The van der Waals surface area contributed by atoms with Gasteiger partial charge in [-0.15, -0.1) is 11.6 Å². The van der Waals surface area contributed by atoms with Crippen molar-refractivity contribution in [2.45, 2.75) is 45.4 Å². The average Bonchev–Trinajstić information content (AvgIpc) is 2.91. The van der Waals surface area contributed by atoms with Crippen LogP contribution in [0.25, 0.3) is 0 Å². The zero-order valence-electron chi connectivity index (χ0n) is 12.2. The van der Waals surface area contributed by atoms with Crippen LogP contribution in [0.2, 0.25) is 5.22 Å². The molecule has 2 aromatic rings. The van der Waals surface area contributed by atoms with Crippen LogP contribution < -0.4 is 0 Å². The van der Waals surface area contributed by atoms with Gasteiger partial charge in [-0.25, -0.2) is 0 Å². The fraction of sp³-hybridized carbons (Fsp3) is 0.412. The normalized spacial score (nSPS) is 12.7. The van der Waals surface area contributed by atoms with Crippen molar-refractivity contribution in [2.24, 2.45) is 0 Å². The Hall–Kier alpha value is -0.920. The summed E-state index contributed by atoms with van der Waals surface area (Å²) < 4.78 is 5.49. The molecule has 1 atom stereocenters. The maximum absolute atomic E-state index is 6.66. The number of halogens is 2. The smallest absolute Gasteiger partial charge is 0.193 e. The van der Waals surface area contributed by atoms with Gasteiger partial charge in [0.05, 0.1) is 0 Å². The van der Waals surface area contributed by atoms with Crippen molar-refractivity contribution in [1.29, 1.82) is 0 Å². The van der Waals surface area contributed by atoms with E-state index in [1.54, 1.807) is 6.07 Å². The zero-order valence-corrected chi connectivity index (χ0v) is 13.7. The Labute approximate surface area is 130 Å². The molecule has 0 N–H and O–H groups in total. The van der Waals surface area contributed by atoms with E-state index in [2.05, 4.69) is 32.9 Å². The van der Waals surface area contributed by atoms with E-state index in [4.69, 9.17) is 27.6 Å². The molecule has 0 spiro atoms. The predicted octanol–water partition coefficient (Wildman–Crippen LogP) is 5.95. The number of hydrogen-bond acceptors (Lipinski definition) is 1. The minimum absolute atomic E-state index is 0.279. The molecule has 0 aliphatic rings. The van der Waals surface area contributed by atoms with Crippen molar-refractivity contribution >= 4 is 23.2 Å². The van der Waals surface area contributed by atoms with Crippen molar-refractivity contribution in [2.75, 3.05) is 0 Å².